The lowest BCUT2D eigenvalue weighted by Gasteiger charge is -2.38. The first-order valence-electron chi connectivity index (χ1n) is 9.09. The predicted octanol–water partition coefficient (Wildman–Crippen LogP) is 6.03. The van der Waals surface area contributed by atoms with Crippen LogP contribution in [0.4, 0.5) is 28.0 Å². The summed E-state index contributed by atoms with van der Waals surface area (Å²) in [5, 5.41) is -0.678. The molecule has 1 aliphatic rings. The van der Waals surface area contributed by atoms with Crippen LogP contribution in [0.1, 0.15) is 20.8 Å². The number of hydrogen-bond acceptors (Lipinski definition) is 4. The Balaban J connectivity index is 0.00000233. The molecule has 1 aliphatic heterocycles. The third-order valence-corrected chi connectivity index (χ3v) is 5.71. The number of carbonyl (C=O) groups excluding carboxylic acids is 2. The van der Waals surface area contributed by atoms with Gasteiger partial charge in [0.15, 0.2) is 0 Å². The zero-order chi connectivity index (χ0) is 24.1. The number of benzene rings is 1. The van der Waals surface area contributed by atoms with Crippen molar-refractivity contribution in [2.45, 2.75) is 37.1 Å². The average molecular weight is 483 g/mol. The second kappa shape index (κ2) is 11.0. The summed E-state index contributed by atoms with van der Waals surface area (Å²) in [4.78, 5) is 25.2. The van der Waals surface area contributed by atoms with Gasteiger partial charge in [0.05, 0.1) is 22.6 Å². The summed E-state index contributed by atoms with van der Waals surface area (Å²) in [7, 11) is 2.34. The van der Waals surface area contributed by atoms with E-state index in [4.69, 9.17) is 16.3 Å². The van der Waals surface area contributed by atoms with E-state index in [0.717, 1.165) is 36.7 Å². The van der Waals surface area contributed by atoms with E-state index in [0.29, 0.717) is 11.2 Å². The number of aldehydes is 1. The van der Waals surface area contributed by atoms with Crippen molar-refractivity contribution < 1.29 is 31.9 Å². The molecule has 0 fully saturated rings. The Morgan fingerprint density at radius 3 is 2.39 bits per heavy atom. The maximum absolute atomic E-state index is 14.6. The molecule has 31 heavy (non-hydrogen) atoms. The molecule has 11 heteroatoms. The van der Waals surface area contributed by atoms with Crippen LogP contribution in [0, 0.1) is 5.82 Å². The lowest BCUT2D eigenvalue weighted by molar-refractivity contribution is -0.108. The number of urea groups is 1. The Bertz CT molecular complexity index is 890. The third-order valence-electron chi connectivity index (χ3n) is 4.14. The molecule has 0 N–H and O–H groups in total. The number of carbonyl (C=O) groups is 2. The van der Waals surface area contributed by atoms with E-state index in [9.17, 15) is 27.2 Å². The number of anilines is 1. The first kappa shape index (κ1) is 27.0. The van der Waals surface area contributed by atoms with Gasteiger partial charge in [-0.25, -0.2) is 9.18 Å². The molecular formula is C20H23ClF4N2O3S. The molecule has 2 amide bonds. The van der Waals surface area contributed by atoms with E-state index in [-0.39, 0.29) is 33.5 Å². The normalized spacial score (nSPS) is 15.7. The van der Waals surface area contributed by atoms with Crippen molar-refractivity contribution in [3.05, 3.63) is 46.5 Å². The molecule has 172 valence electrons. The number of nitrogens with zero attached hydrogens (tertiary/aromatic N) is 2. The van der Waals surface area contributed by atoms with Gasteiger partial charge in [-0.1, -0.05) is 32.0 Å². The second-order valence-corrected chi connectivity index (χ2v) is 7.77. The first-order valence-corrected chi connectivity index (χ1v) is 10.3. The van der Waals surface area contributed by atoms with Crippen molar-refractivity contribution in [3.8, 4) is 0 Å². The van der Waals surface area contributed by atoms with Gasteiger partial charge in [0.25, 0.3) is 0 Å². The molecule has 2 rings (SSSR count). The predicted molar refractivity (Wildman–Crippen MR) is 114 cm³/mol. The molecule has 0 aromatic heterocycles. The van der Waals surface area contributed by atoms with Crippen molar-refractivity contribution >= 4 is 41.4 Å². The SMILES string of the molecule is C=C1C(C)=C(C(F)(F)F)N(C)C(=O)N1c1cc(SC(C=O)COC)c(Cl)cc1F.CC. The fraction of sp³-hybridized carbons (Fsp3) is 0.400. The summed E-state index contributed by atoms with van der Waals surface area (Å²) < 4.78 is 59.5. The van der Waals surface area contributed by atoms with E-state index in [1.807, 2.05) is 13.8 Å². The van der Waals surface area contributed by atoms with Crippen molar-refractivity contribution in [3.63, 3.8) is 0 Å². The Hall–Kier alpha value is -2.04. The first-order chi connectivity index (χ1) is 14.4. The van der Waals surface area contributed by atoms with Gasteiger partial charge in [0.2, 0.25) is 0 Å². The minimum Gasteiger partial charge on any atom is -0.383 e. The number of allylic oxidation sites excluding steroid dienone is 2. The van der Waals surface area contributed by atoms with Crippen LogP contribution in [0.2, 0.25) is 5.02 Å². The quantitative estimate of drug-likeness (QED) is 0.282. The molecule has 1 atom stereocenters. The van der Waals surface area contributed by atoms with Crippen LogP contribution in [-0.4, -0.2) is 49.4 Å². The maximum Gasteiger partial charge on any atom is 0.431 e. The molecule has 0 saturated heterocycles. The molecule has 1 unspecified atom stereocenters. The molecule has 0 spiro atoms. The second-order valence-electron chi connectivity index (χ2n) is 6.08. The van der Waals surface area contributed by atoms with Gasteiger partial charge in [-0.15, -0.1) is 11.8 Å². The van der Waals surface area contributed by atoms with Gasteiger partial charge in [0.1, 0.15) is 17.8 Å². The minimum atomic E-state index is -4.79. The number of thioether (sulfide) groups is 1. The highest BCUT2D eigenvalue weighted by Crippen LogP contribution is 2.42. The van der Waals surface area contributed by atoms with Crippen LogP contribution < -0.4 is 4.90 Å². The van der Waals surface area contributed by atoms with Gasteiger partial charge in [0, 0.05) is 30.3 Å². The highest BCUT2D eigenvalue weighted by molar-refractivity contribution is 8.00. The molecule has 5 nitrogen and oxygen atoms in total. The highest BCUT2D eigenvalue weighted by atomic mass is 35.5. The molecule has 0 aliphatic carbocycles. The van der Waals surface area contributed by atoms with Crippen molar-refractivity contribution in [2.75, 3.05) is 25.7 Å². The van der Waals surface area contributed by atoms with E-state index in [2.05, 4.69) is 6.58 Å². The summed E-state index contributed by atoms with van der Waals surface area (Å²) in [6.45, 7) is 8.75. The van der Waals surface area contributed by atoms with Crippen LogP contribution in [-0.2, 0) is 9.53 Å². The Morgan fingerprint density at radius 2 is 1.90 bits per heavy atom. The summed E-state index contributed by atoms with van der Waals surface area (Å²) in [6.07, 6.45) is -4.17. The van der Waals surface area contributed by atoms with E-state index in [1.54, 1.807) is 0 Å². The van der Waals surface area contributed by atoms with E-state index in [1.165, 1.54) is 13.2 Å². The summed E-state index contributed by atoms with van der Waals surface area (Å²) in [5.41, 5.74) is -2.15. The number of hydrogen-bond donors (Lipinski definition) is 0. The van der Waals surface area contributed by atoms with Crippen LogP contribution >= 0.6 is 23.4 Å². The van der Waals surface area contributed by atoms with Crippen LogP contribution in [0.25, 0.3) is 0 Å². The van der Waals surface area contributed by atoms with Crippen molar-refractivity contribution in [1.29, 1.82) is 0 Å². The van der Waals surface area contributed by atoms with Crippen molar-refractivity contribution in [1.82, 2.24) is 4.90 Å². The van der Waals surface area contributed by atoms with Crippen LogP contribution in [0.15, 0.2) is 40.6 Å². The molecule has 1 aromatic carbocycles. The van der Waals surface area contributed by atoms with E-state index < -0.39 is 29.0 Å². The molecule has 0 bridgehead atoms. The summed E-state index contributed by atoms with van der Waals surface area (Å²) in [6, 6.07) is 0.985. The lowest BCUT2D eigenvalue weighted by atomic mass is 10.1. The average Bonchev–Trinajstić information content (AvgIpc) is 2.69. The maximum atomic E-state index is 14.6. The zero-order valence-corrected chi connectivity index (χ0v) is 19.2. The molecular weight excluding hydrogens is 460 g/mol. The zero-order valence-electron chi connectivity index (χ0n) is 17.6. The number of amides is 2. The molecule has 1 heterocycles. The van der Waals surface area contributed by atoms with Crippen molar-refractivity contribution in [2.24, 2.45) is 0 Å². The summed E-state index contributed by atoms with van der Waals surface area (Å²) >= 11 is 7.01. The van der Waals surface area contributed by atoms with Gasteiger partial charge >= 0.3 is 12.2 Å². The highest BCUT2D eigenvalue weighted by Gasteiger charge is 2.46. The van der Waals surface area contributed by atoms with Gasteiger partial charge < -0.3 is 9.53 Å². The van der Waals surface area contributed by atoms with E-state index >= 15 is 0 Å². The Labute approximate surface area is 187 Å². The Kier molecular flexibility index (Phi) is 9.59. The topological polar surface area (TPSA) is 49.9 Å². The minimum absolute atomic E-state index is 0.0223. The smallest absolute Gasteiger partial charge is 0.383 e. The number of methoxy groups -OCH3 is 1. The lowest BCUT2D eigenvalue weighted by Crippen LogP contribution is -2.48. The molecule has 0 saturated carbocycles. The molecule has 1 aromatic rings. The van der Waals surface area contributed by atoms with Gasteiger partial charge in [-0.3, -0.25) is 9.80 Å². The molecule has 0 radical (unpaired) electrons. The standard InChI is InChI=1S/C18H17ClF4N2O3S.C2H6/c1-9-10(2)25(17(27)24(3)16(9)18(21,22)23)14-6-15(12(19)5-13(14)20)29-11(7-26)8-28-4;1-2/h5-7,11H,2,8H2,1,3-4H3;1-2H3. The monoisotopic (exact) mass is 482 g/mol. The van der Waals surface area contributed by atoms with Gasteiger partial charge in [-0.2, -0.15) is 13.2 Å². The third kappa shape index (κ3) is 5.81. The Morgan fingerprint density at radius 1 is 1.32 bits per heavy atom. The van der Waals surface area contributed by atoms with Crippen LogP contribution in [0.3, 0.4) is 0 Å². The number of halogens is 5. The van der Waals surface area contributed by atoms with Crippen LogP contribution in [0.5, 0.6) is 0 Å². The number of alkyl halides is 3. The number of rotatable bonds is 6. The number of ether oxygens (including phenoxy) is 1. The largest absolute Gasteiger partial charge is 0.431 e. The summed E-state index contributed by atoms with van der Waals surface area (Å²) in [5.74, 6) is -0.931. The fourth-order valence-electron chi connectivity index (χ4n) is 2.78. The fourth-order valence-corrected chi connectivity index (χ4v) is 4.00. The van der Waals surface area contributed by atoms with Gasteiger partial charge in [-0.05, 0) is 19.1 Å².